The molecule has 66 valence electrons. The van der Waals surface area contributed by atoms with E-state index in [4.69, 9.17) is 5.73 Å². The van der Waals surface area contributed by atoms with Crippen molar-refractivity contribution in [1.29, 1.82) is 0 Å². The summed E-state index contributed by atoms with van der Waals surface area (Å²) < 4.78 is 0. The first-order valence-corrected chi connectivity index (χ1v) is 4.97. The van der Waals surface area contributed by atoms with Gasteiger partial charge in [0.1, 0.15) is 5.01 Å². The summed E-state index contributed by atoms with van der Waals surface area (Å²) in [5.41, 5.74) is 5.51. The van der Waals surface area contributed by atoms with Crippen molar-refractivity contribution in [2.75, 3.05) is 18.8 Å². The van der Waals surface area contributed by atoms with Crippen LogP contribution in [0.2, 0.25) is 0 Å². The van der Waals surface area contributed by atoms with Crippen LogP contribution >= 0.6 is 11.3 Å². The van der Waals surface area contributed by atoms with Crippen molar-refractivity contribution in [3.8, 4) is 0 Å². The Morgan fingerprint density at radius 2 is 2.42 bits per heavy atom. The molecule has 5 heteroatoms. The van der Waals surface area contributed by atoms with Gasteiger partial charge in [-0.2, -0.15) is 0 Å². The number of nitrogen functional groups attached to an aromatic ring is 1. The normalized spacial score (nSPS) is 24.2. The third-order valence-corrected chi connectivity index (χ3v) is 3.02. The first kappa shape index (κ1) is 7.94. The third-order valence-electron chi connectivity index (χ3n) is 2.10. The van der Waals surface area contributed by atoms with Crippen molar-refractivity contribution in [1.82, 2.24) is 15.5 Å². The van der Waals surface area contributed by atoms with Crippen molar-refractivity contribution in [2.45, 2.75) is 18.8 Å². The van der Waals surface area contributed by atoms with Crippen LogP contribution in [-0.2, 0) is 0 Å². The van der Waals surface area contributed by atoms with Crippen LogP contribution in [0, 0.1) is 0 Å². The number of nitrogens with one attached hydrogen (secondary N) is 1. The molecule has 2 heterocycles. The highest BCUT2D eigenvalue weighted by Gasteiger charge is 2.18. The monoisotopic (exact) mass is 184 g/mol. The summed E-state index contributed by atoms with van der Waals surface area (Å²) in [6.45, 7) is 2.15. The number of nitrogens with zero attached hydrogens (tertiary/aromatic N) is 2. The lowest BCUT2D eigenvalue weighted by Gasteiger charge is -2.19. The average molecular weight is 184 g/mol. The standard InChI is InChI=1S/C7H12N4S/c8-7-11-10-6(12-7)5-2-1-3-9-4-5/h5,9H,1-4H2,(H2,8,11). The Kier molecular flexibility index (Phi) is 2.23. The molecular formula is C7H12N4S. The molecule has 1 aliphatic heterocycles. The number of hydrogen-bond acceptors (Lipinski definition) is 5. The Morgan fingerprint density at radius 3 is 3.00 bits per heavy atom. The van der Waals surface area contributed by atoms with Gasteiger partial charge in [0.2, 0.25) is 5.13 Å². The van der Waals surface area contributed by atoms with Crippen LogP contribution in [0.4, 0.5) is 5.13 Å². The Morgan fingerprint density at radius 1 is 1.50 bits per heavy atom. The van der Waals surface area contributed by atoms with Crippen molar-refractivity contribution in [3.05, 3.63) is 5.01 Å². The van der Waals surface area contributed by atoms with Crippen LogP contribution < -0.4 is 11.1 Å². The molecule has 1 aromatic heterocycles. The Balaban J connectivity index is 2.08. The fourth-order valence-electron chi connectivity index (χ4n) is 1.47. The van der Waals surface area contributed by atoms with Crippen LogP contribution in [0.5, 0.6) is 0 Å². The van der Waals surface area contributed by atoms with E-state index in [1.54, 1.807) is 0 Å². The number of hydrogen-bond donors (Lipinski definition) is 2. The van der Waals surface area contributed by atoms with E-state index < -0.39 is 0 Å². The Hall–Kier alpha value is -0.680. The number of piperidine rings is 1. The topological polar surface area (TPSA) is 63.8 Å². The second-order valence-electron chi connectivity index (χ2n) is 3.02. The lowest BCUT2D eigenvalue weighted by atomic mass is 10.0. The maximum Gasteiger partial charge on any atom is 0.203 e. The molecule has 0 spiro atoms. The minimum atomic E-state index is 0.536. The maximum atomic E-state index is 5.51. The quantitative estimate of drug-likeness (QED) is 0.670. The van der Waals surface area contributed by atoms with Gasteiger partial charge in [-0.15, -0.1) is 10.2 Å². The van der Waals surface area contributed by atoms with E-state index in [1.165, 1.54) is 24.2 Å². The van der Waals surface area contributed by atoms with Crippen LogP contribution in [0.1, 0.15) is 23.8 Å². The average Bonchev–Trinajstić information content (AvgIpc) is 2.54. The smallest absolute Gasteiger partial charge is 0.203 e. The van der Waals surface area contributed by atoms with Crippen LogP contribution in [0.15, 0.2) is 0 Å². The molecule has 0 aliphatic carbocycles. The third kappa shape index (κ3) is 1.56. The number of aromatic nitrogens is 2. The molecule has 12 heavy (non-hydrogen) atoms. The molecule has 0 saturated carbocycles. The van der Waals surface area contributed by atoms with Gasteiger partial charge in [-0.05, 0) is 19.4 Å². The van der Waals surface area contributed by atoms with E-state index >= 15 is 0 Å². The van der Waals surface area contributed by atoms with Gasteiger partial charge in [0.15, 0.2) is 0 Å². The van der Waals surface area contributed by atoms with Crippen molar-refractivity contribution < 1.29 is 0 Å². The molecule has 0 amide bonds. The van der Waals surface area contributed by atoms with E-state index in [0.29, 0.717) is 11.0 Å². The van der Waals surface area contributed by atoms with E-state index in [1.807, 2.05) is 0 Å². The van der Waals surface area contributed by atoms with Gasteiger partial charge < -0.3 is 11.1 Å². The number of anilines is 1. The van der Waals surface area contributed by atoms with Gasteiger partial charge in [0.05, 0.1) is 0 Å². The molecule has 4 nitrogen and oxygen atoms in total. The predicted octanol–water partition coefficient (Wildman–Crippen LogP) is 0.587. The summed E-state index contributed by atoms with van der Waals surface area (Å²) in [6, 6.07) is 0. The summed E-state index contributed by atoms with van der Waals surface area (Å²) in [6.07, 6.45) is 2.44. The molecule has 1 unspecified atom stereocenters. The predicted molar refractivity (Wildman–Crippen MR) is 49.2 cm³/mol. The molecule has 3 N–H and O–H groups in total. The Labute approximate surface area is 75.2 Å². The molecule has 1 fully saturated rings. The zero-order chi connectivity index (χ0) is 8.39. The maximum absolute atomic E-state index is 5.51. The van der Waals surface area contributed by atoms with E-state index in [2.05, 4.69) is 15.5 Å². The van der Waals surface area contributed by atoms with Gasteiger partial charge in [-0.1, -0.05) is 11.3 Å². The van der Waals surface area contributed by atoms with Crippen LogP contribution in [0.3, 0.4) is 0 Å². The SMILES string of the molecule is Nc1nnc(C2CCCNC2)s1. The summed E-state index contributed by atoms with van der Waals surface area (Å²) in [5.74, 6) is 0.536. The largest absolute Gasteiger partial charge is 0.374 e. The highest BCUT2D eigenvalue weighted by Crippen LogP contribution is 2.26. The first-order valence-electron chi connectivity index (χ1n) is 4.16. The van der Waals surface area contributed by atoms with E-state index in [-0.39, 0.29) is 0 Å². The molecule has 2 rings (SSSR count). The minimum Gasteiger partial charge on any atom is -0.374 e. The molecule has 0 radical (unpaired) electrons. The zero-order valence-corrected chi connectivity index (χ0v) is 7.60. The van der Waals surface area contributed by atoms with Gasteiger partial charge in [-0.25, -0.2) is 0 Å². The Bertz CT molecular complexity index is 254. The van der Waals surface area contributed by atoms with Crippen molar-refractivity contribution in [3.63, 3.8) is 0 Å². The zero-order valence-electron chi connectivity index (χ0n) is 6.79. The van der Waals surface area contributed by atoms with Gasteiger partial charge in [-0.3, -0.25) is 0 Å². The summed E-state index contributed by atoms with van der Waals surface area (Å²) in [4.78, 5) is 0. The van der Waals surface area contributed by atoms with Crippen molar-refractivity contribution >= 4 is 16.5 Å². The number of rotatable bonds is 1. The lowest BCUT2D eigenvalue weighted by Crippen LogP contribution is -2.28. The first-order chi connectivity index (χ1) is 5.86. The van der Waals surface area contributed by atoms with Gasteiger partial charge in [0, 0.05) is 12.5 Å². The molecule has 1 aromatic rings. The van der Waals surface area contributed by atoms with Gasteiger partial charge >= 0.3 is 0 Å². The van der Waals surface area contributed by atoms with Crippen molar-refractivity contribution in [2.24, 2.45) is 0 Å². The molecule has 0 bridgehead atoms. The number of nitrogens with two attached hydrogens (primary N) is 1. The van der Waals surface area contributed by atoms with Crippen LogP contribution in [-0.4, -0.2) is 23.3 Å². The summed E-state index contributed by atoms with van der Waals surface area (Å²) in [5, 5.41) is 12.9. The van der Waals surface area contributed by atoms with Crippen LogP contribution in [0.25, 0.3) is 0 Å². The van der Waals surface area contributed by atoms with E-state index in [0.717, 1.165) is 18.1 Å². The highest BCUT2D eigenvalue weighted by molar-refractivity contribution is 7.15. The molecule has 1 aliphatic rings. The van der Waals surface area contributed by atoms with E-state index in [9.17, 15) is 0 Å². The fourth-order valence-corrected chi connectivity index (χ4v) is 2.22. The molecule has 1 atom stereocenters. The van der Waals surface area contributed by atoms with Gasteiger partial charge in [0.25, 0.3) is 0 Å². The molecule has 0 aromatic carbocycles. The minimum absolute atomic E-state index is 0.536. The molecular weight excluding hydrogens is 172 g/mol. The fraction of sp³-hybridized carbons (Fsp3) is 0.714. The highest BCUT2D eigenvalue weighted by atomic mass is 32.1. The second kappa shape index (κ2) is 3.37. The second-order valence-corrected chi connectivity index (χ2v) is 4.06. The summed E-state index contributed by atoms with van der Waals surface area (Å²) >= 11 is 1.51. The lowest BCUT2D eigenvalue weighted by molar-refractivity contribution is 0.458. The summed E-state index contributed by atoms with van der Waals surface area (Å²) in [7, 11) is 0. The molecule has 1 saturated heterocycles.